The SMILES string of the molecule is CCCNC(=O)[C@@H]1CC(=O)N(c2ccc(C)cc2C)C1. The van der Waals surface area contributed by atoms with Gasteiger partial charge in [0.1, 0.15) is 0 Å². The largest absolute Gasteiger partial charge is 0.356 e. The number of hydrogen-bond acceptors (Lipinski definition) is 2. The summed E-state index contributed by atoms with van der Waals surface area (Å²) in [4.78, 5) is 25.9. The van der Waals surface area contributed by atoms with Crippen molar-refractivity contribution >= 4 is 17.5 Å². The maximum absolute atomic E-state index is 12.1. The molecule has 2 rings (SSSR count). The van der Waals surface area contributed by atoms with Gasteiger partial charge in [-0.3, -0.25) is 9.59 Å². The molecule has 0 aliphatic carbocycles. The predicted octanol–water partition coefficient (Wildman–Crippen LogP) is 2.18. The van der Waals surface area contributed by atoms with E-state index >= 15 is 0 Å². The zero-order valence-electron chi connectivity index (χ0n) is 12.4. The molecule has 1 aliphatic heterocycles. The zero-order chi connectivity index (χ0) is 14.7. The maximum Gasteiger partial charge on any atom is 0.227 e. The third kappa shape index (κ3) is 3.00. The van der Waals surface area contributed by atoms with Crippen molar-refractivity contribution < 1.29 is 9.59 Å². The van der Waals surface area contributed by atoms with Crippen molar-refractivity contribution in [1.82, 2.24) is 5.32 Å². The lowest BCUT2D eigenvalue weighted by atomic mass is 10.1. The van der Waals surface area contributed by atoms with Gasteiger partial charge in [-0.15, -0.1) is 0 Å². The molecule has 0 unspecified atom stereocenters. The quantitative estimate of drug-likeness (QED) is 0.915. The van der Waals surface area contributed by atoms with E-state index in [9.17, 15) is 9.59 Å². The zero-order valence-corrected chi connectivity index (χ0v) is 12.4. The van der Waals surface area contributed by atoms with E-state index in [1.165, 1.54) is 5.56 Å². The lowest BCUT2D eigenvalue weighted by Gasteiger charge is -2.19. The summed E-state index contributed by atoms with van der Waals surface area (Å²) in [5.74, 6) is -0.198. The predicted molar refractivity (Wildman–Crippen MR) is 79.7 cm³/mol. The molecule has 1 fully saturated rings. The van der Waals surface area contributed by atoms with Crippen LogP contribution in [0.15, 0.2) is 18.2 Å². The van der Waals surface area contributed by atoms with Crippen LogP contribution < -0.4 is 10.2 Å². The fourth-order valence-corrected chi connectivity index (χ4v) is 2.62. The summed E-state index contributed by atoms with van der Waals surface area (Å²) in [5, 5.41) is 2.87. The lowest BCUT2D eigenvalue weighted by molar-refractivity contribution is -0.126. The molecule has 1 aromatic rings. The Kier molecular flexibility index (Phi) is 4.42. The van der Waals surface area contributed by atoms with E-state index in [0.717, 1.165) is 17.7 Å². The Morgan fingerprint density at radius 1 is 1.40 bits per heavy atom. The van der Waals surface area contributed by atoms with E-state index in [1.54, 1.807) is 4.90 Å². The van der Waals surface area contributed by atoms with E-state index in [0.29, 0.717) is 19.5 Å². The van der Waals surface area contributed by atoms with Crippen LogP contribution in [0.4, 0.5) is 5.69 Å². The highest BCUT2D eigenvalue weighted by molar-refractivity contribution is 6.00. The molecule has 0 saturated carbocycles. The first-order valence-electron chi connectivity index (χ1n) is 7.18. The summed E-state index contributed by atoms with van der Waals surface area (Å²) < 4.78 is 0. The monoisotopic (exact) mass is 274 g/mol. The Balaban J connectivity index is 2.11. The first-order valence-corrected chi connectivity index (χ1v) is 7.18. The summed E-state index contributed by atoms with van der Waals surface area (Å²) in [6.07, 6.45) is 1.22. The Morgan fingerprint density at radius 3 is 2.80 bits per heavy atom. The number of nitrogens with one attached hydrogen (secondary N) is 1. The first-order chi connectivity index (χ1) is 9.52. The molecule has 2 amide bonds. The van der Waals surface area contributed by atoms with Gasteiger partial charge in [0.2, 0.25) is 11.8 Å². The molecule has 0 radical (unpaired) electrons. The molecule has 1 aromatic carbocycles. The molecule has 0 bridgehead atoms. The van der Waals surface area contributed by atoms with E-state index in [1.807, 2.05) is 32.9 Å². The van der Waals surface area contributed by atoms with Gasteiger partial charge in [-0.2, -0.15) is 0 Å². The molecule has 1 atom stereocenters. The van der Waals surface area contributed by atoms with Gasteiger partial charge in [-0.25, -0.2) is 0 Å². The van der Waals surface area contributed by atoms with Crippen molar-refractivity contribution in [2.45, 2.75) is 33.6 Å². The van der Waals surface area contributed by atoms with Crippen LogP contribution >= 0.6 is 0 Å². The van der Waals surface area contributed by atoms with Gasteiger partial charge in [0.05, 0.1) is 5.92 Å². The molecule has 1 N–H and O–H groups in total. The Bertz CT molecular complexity index is 525. The molecule has 108 valence electrons. The van der Waals surface area contributed by atoms with Gasteiger partial charge >= 0.3 is 0 Å². The van der Waals surface area contributed by atoms with Crippen LogP contribution in [-0.4, -0.2) is 24.9 Å². The number of nitrogens with zero attached hydrogens (tertiary/aromatic N) is 1. The summed E-state index contributed by atoms with van der Waals surface area (Å²) in [6.45, 7) is 7.21. The topological polar surface area (TPSA) is 49.4 Å². The van der Waals surface area contributed by atoms with Crippen molar-refractivity contribution in [1.29, 1.82) is 0 Å². The summed E-state index contributed by atoms with van der Waals surface area (Å²) in [7, 11) is 0. The van der Waals surface area contributed by atoms with E-state index in [-0.39, 0.29) is 17.7 Å². The highest BCUT2D eigenvalue weighted by atomic mass is 16.2. The summed E-state index contributed by atoms with van der Waals surface area (Å²) >= 11 is 0. The molecule has 20 heavy (non-hydrogen) atoms. The second-order valence-electron chi connectivity index (χ2n) is 5.49. The van der Waals surface area contributed by atoms with Gasteiger partial charge in [-0.1, -0.05) is 24.6 Å². The van der Waals surface area contributed by atoms with Crippen molar-refractivity contribution in [3.8, 4) is 0 Å². The summed E-state index contributed by atoms with van der Waals surface area (Å²) in [6, 6.07) is 6.03. The van der Waals surface area contributed by atoms with Crippen molar-refractivity contribution in [2.75, 3.05) is 18.0 Å². The highest BCUT2D eigenvalue weighted by Crippen LogP contribution is 2.28. The van der Waals surface area contributed by atoms with Crippen molar-refractivity contribution in [3.05, 3.63) is 29.3 Å². The number of aryl methyl sites for hydroxylation is 2. The standard InChI is InChI=1S/C16H22N2O2/c1-4-7-17-16(20)13-9-15(19)18(10-13)14-6-5-11(2)8-12(14)3/h5-6,8,13H,4,7,9-10H2,1-3H3,(H,17,20)/t13-/m1/s1. The average molecular weight is 274 g/mol. The molecular formula is C16H22N2O2. The second kappa shape index (κ2) is 6.07. The number of carbonyl (C=O) groups is 2. The van der Waals surface area contributed by atoms with Crippen LogP contribution in [0.2, 0.25) is 0 Å². The number of amides is 2. The van der Waals surface area contributed by atoms with Crippen LogP contribution in [0.1, 0.15) is 30.9 Å². The van der Waals surface area contributed by atoms with Gasteiger partial charge < -0.3 is 10.2 Å². The van der Waals surface area contributed by atoms with Gasteiger partial charge in [0.25, 0.3) is 0 Å². The number of benzene rings is 1. The smallest absolute Gasteiger partial charge is 0.227 e. The van der Waals surface area contributed by atoms with E-state index in [2.05, 4.69) is 11.4 Å². The highest BCUT2D eigenvalue weighted by Gasteiger charge is 2.35. The van der Waals surface area contributed by atoms with E-state index in [4.69, 9.17) is 0 Å². The molecule has 0 aromatic heterocycles. The number of anilines is 1. The minimum atomic E-state index is -0.227. The molecule has 1 heterocycles. The van der Waals surface area contributed by atoms with Crippen LogP contribution in [0.25, 0.3) is 0 Å². The van der Waals surface area contributed by atoms with Crippen molar-refractivity contribution in [3.63, 3.8) is 0 Å². The minimum absolute atomic E-state index is 0.00698. The molecule has 4 heteroatoms. The first kappa shape index (κ1) is 14.6. The van der Waals surface area contributed by atoms with Crippen LogP contribution in [-0.2, 0) is 9.59 Å². The summed E-state index contributed by atoms with van der Waals surface area (Å²) in [5.41, 5.74) is 3.18. The molecule has 0 spiro atoms. The van der Waals surface area contributed by atoms with Gasteiger partial charge in [0, 0.05) is 25.2 Å². The fraction of sp³-hybridized carbons (Fsp3) is 0.500. The fourth-order valence-electron chi connectivity index (χ4n) is 2.62. The third-order valence-corrected chi connectivity index (χ3v) is 3.69. The Hall–Kier alpha value is -1.84. The molecule has 4 nitrogen and oxygen atoms in total. The van der Waals surface area contributed by atoms with Crippen LogP contribution in [0.3, 0.4) is 0 Å². The number of carbonyl (C=O) groups excluding carboxylic acids is 2. The van der Waals surface area contributed by atoms with Gasteiger partial charge in [0.15, 0.2) is 0 Å². The lowest BCUT2D eigenvalue weighted by Crippen LogP contribution is -2.33. The number of hydrogen-bond donors (Lipinski definition) is 1. The second-order valence-corrected chi connectivity index (χ2v) is 5.49. The third-order valence-electron chi connectivity index (χ3n) is 3.69. The maximum atomic E-state index is 12.1. The molecular weight excluding hydrogens is 252 g/mol. The molecule has 1 aliphatic rings. The number of rotatable bonds is 4. The Labute approximate surface area is 120 Å². The normalized spacial score (nSPS) is 18.4. The molecule has 1 saturated heterocycles. The van der Waals surface area contributed by atoms with E-state index < -0.39 is 0 Å². The van der Waals surface area contributed by atoms with Gasteiger partial charge in [-0.05, 0) is 31.9 Å². The van der Waals surface area contributed by atoms with Crippen LogP contribution in [0, 0.1) is 19.8 Å². The minimum Gasteiger partial charge on any atom is -0.356 e. The Morgan fingerprint density at radius 2 is 2.15 bits per heavy atom. The average Bonchev–Trinajstić information content (AvgIpc) is 2.78. The van der Waals surface area contributed by atoms with Crippen LogP contribution in [0.5, 0.6) is 0 Å². The van der Waals surface area contributed by atoms with Crippen molar-refractivity contribution in [2.24, 2.45) is 5.92 Å².